The molecule has 0 aliphatic carbocycles. The Morgan fingerprint density at radius 1 is 1.16 bits per heavy atom. The molecular formula is C17H15ClFNO4S. The summed E-state index contributed by atoms with van der Waals surface area (Å²) in [6.07, 6.45) is 0. The summed E-state index contributed by atoms with van der Waals surface area (Å²) in [5.41, 5.74) is 0. The van der Waals surface area contributed by atoms with Crippen LogP contribution in [0.5, 0.6) is 11.5 Å². The number of ether oxygens (including phenoxy) is 2. The number of hydrogen-bond acceptors (Lipinski definition) is 4. The second kappa shape index (κ2) is 8.72. The lowest BCUT2D eigenvalue weighted by Gasteiger charge is -2.07. The Hall–Kier alpha value is -2.27. The van der Waals surface area contributed by atoms with E-state index in [0.29, 0.717) is 11.5 Å². The highest BCUT2D eigenvalue weighted by atomic mass is 35.5. The largest absolute Gasteiger partial charge is 0.493 e. The number of hydrogen-bond donors (Lipinski definition) is 1. The summed E-state index contributed by atoms with van der Waals surface area (Å²) in [5.74, 6) is 5.76. The Morgan fingerprint density at radius 3 is 2.56 bits per heavy atom. The molecule has 0 atom stereocenters. The maximum atomic E-state index is 13.1. The minimum atomic E-state index is -3.81. The van der Waals surface area contributed by atoms with Crippen molar-refractivity contribution < 1.29 is 22.3 Å². The van der Waals surface area contributed by atoms with Crippen LogP contribution in [-0.2, 0) is 10.0 Å². The summed E-state index contributed by atoms with van der Waals surface area (Å²) >= 11 is 5.58. The zero-order chi connectivity index (χ0) is 18.3. The first-order valence-corrected chi connectivity index (χ1v) is 8.96. The van der Waals surface area contributed by atoms with Crippen LogP contribution in [-0.4, -0.2) is 28.7 Å². The first kappa shape index (κ1) is 19.1. The highest BCUT2D eigenvalue weighted by Crippen LogP contribution is 2.25. The SMILES string of the molecule is COc1ccccc1OCC#CCNS(=O)(=O)c1ccc(F)c(Cl)c1. The molecule has 0 saturated carbocycles. The quantitative estimate of drug-likeness (QED) is 0.779. The Balaban J connectivity index is 1.88. The molecule has 5 nitrogen and oxygen atoms in total. The van der Waals surface area contributed by atoms with Crippen LogP contribution >= 0.6 is 11.6 Å². The van der Waals surface area contributed by atoms with E-state index in [1.165, 1.54) is 7.11 Å². The van der Waals surface area contributed by atoms with Gasteiger partial charge in [0.15, 0.2) is 11.5 Å². The first-order valence-electron chi connectivity index (χ1n) is 7.10. The molecule has 25 heavy (non-hydrogen) atoms. The van der Waals surface area contributed by atoms with Crippen LogP contribution in [0.25, 0.3) is 0 Å². The fraction of sp³-hybridized carbons (Fsp3) is 0.176. The van der Waals surface area contributed by atoms with Crippen molar-refractivity contribution in [3.63, 3.8) is 0 Å². The monoisotopic (exact) mass is 383 g/mol. The van der Waals surface area contributed by atoms with Crippen LogP contribution in [0, 0.1) is 17.7 Å². The van der Waals surface area contributed by atoms with Gasteiger partial charge in [0.25, 0.3) is 0 Å². The predicted molar refractivity (Wildman–Crippen MR) is 92.9 cm³/mol. The van der Waals surface area contributed by atoms with E-state index in [9.17, 15) is 12.8 Å². The van der Waals surface area contributed by atoms with Crippen molar-refractivity contribution in [3.05, 3.63) is 53.3 Å². The average Bonchev–Trinajstić information content (AvgIpc) is 2.60. The number of rotatable bonds is 6. The van der Waals surface area contributed by atoms with Crippen molar-refractivity contribution in [2.75, 3.05) is 20.3 Å². The summed E-state index contributed by atoms with van der Waals surface area (Å²) in [5, 5.41) is -0.265. The van der Waals surface area contributed by atoms with E-state index in [0.717, 1.165) is 18.2 Å². The van der Waals surface area contributed by atoms with Crippen molar-refractivity contribution in [2.45, 2.75) is 4.90 Å². The van der Waals surface area contributed by atoms with Crippen LogP contribution < -0.4 is 14.2 Å². The summed E-state index contributed by atoms with van der Waals surface area (Å²) in [6.45, 7) is -0.0446. The van der Waals surface area contributed by atoms with E-state index in [-0.39, 0.29) is 23.1 Å². The van der Waals surface area contributed by atoms with Crippen LogP contribution in [0.2, 0.25) is 5.02 Å². The molecule has 0 bridgehead atoms. The summed E-state index contributed by atoms with van der Waals surface area (Å²) in [4.78, 5) is -0.133. The van der Waals surface area contributed by atoms with Crippen LogP contribution in [0.1, 0.15) is 0 Å². The predicted octanol–water partition coefficient (Wildman–Crippen LogP) is 2.85. The van der Waals surface area contributed by atoms with E-state index in [4.69, 9.17) is 21.1 Å². The summed E-state index contributed by atoms with van der Waals surface area (Å²) < 4.78 is 50.0. The van der Waals surface area contributed by atoms with Crippen molar-refractivity contribution in [1.82, 2.24) is 4.72 Å². The fourth-order valence-electron chi connectivity index (χ4n) is 1.82. The molecule has 2 aromatic carbocycles. The van der Waals surface area contributed by atoms with Crippen LogP contribution in [0.15, 0.2) is 47.4 Å². The molecule has 0 fully saturated rings. The van der Waals surface area contributed by atoms with E-state index < -0.39 is 15.8 Å². The molecule has 132 valence electrons. The number of methoxy groups -OCH3 is 1. The maximum absolute atomic E-state index is 13.1. The maximum Gasteiger partial charge on any atom is 0.241 e. The average molecular weight is 384 g/mol. The molecule has 0 aliphatic rings. The molecule has 8 heteroatoms. The van der Waals surface area contributed by atoms with Gasteiger partial charge in [0, 0.05) is 0 Å². The van der Waals surface area contributed by atoms with E-state index in [1.54, 1.807) is 18.2 Å². The molecule has 0 aliphatic heterocycles. The Morgan fingerprint density at radius 2 is 1.88 bits per heavy atom. The molecule has 0 aromatic heterocycles. The molecule has 0 radical (unpaired) electrons. The van der Waals surface area contributed by atoms with Gasteiger partial charge in [-0.1, -0.05) is 35.6 Å². The van der Waals surface area contributed by atoms with Crippen molar-refractivity contribution in [2.24, 2.45) is 0 Å². The van der Waals surface area contributed by atoms with Gasteiger partial charge in [0.2, 0.25) is 10.0 Å². The fourth-order valence-corrected chi connectivity index (χ4v) is 3.02. The molecule has 0 heterocycles. The highest BCUT2D eigenvalue weighted by molar-refractivity contribution is 7.89. The summed E-state index contributed by atoms with van der Waals surface area (Å²) in [7, 11) is -2.28. The zero-order valence-corrected chi connectivity index (χ0v) is 14.8. The van der Waals surface area contributed by atoms with Crippen LogP contribution in [0.3, 0.4) is 0 Å². The normalized spacial score (nSPS) is 10.7. The second-order valence-electron chi connectivity index (χ2n) is 4.69. The van der Waals surface area contributed by atoms with E-state index in [1.807, 2.05) is 6.07 Å². The first-order chi connectivity index (χ1) is 11.9. The minimum Gasteiger partial charge on any atom is -0.493 e. The lowest BCUT2D eigenvalue weighted by molar-refractivity contribution is 0.331. The minimum absolute atomic E-state index is 0.0739. The third-order valence-electron chi connectivity index (χ3n) is 3.05. The number of benzene rings is 2. The lowest BCUT2D eigenvalue weighted by atomic mass is 10.3. The van der Waals surface area contributed by atoms with Gasteiger partial charge in [-0.25, -0.2) is 12.8 Å². The van der Waals surface area contributed by atoms with Gasteiger partial charge in [0.1, 0.15) is 12.4 Å². The van der Waals surface area contributed by atoms with Gasteiger partial charge in [-0.3, -0.25) is 0 Å². The molecule has 0 saturated heterocycles. The standard InChI is InChI=1S/C17H15ClFNO4S/c1-23-16-6-2-3-7-17(16)24-11-5-4-10-20-25(21,22)13-8-9-15(19)14(18)12-13/h2-3,6-9,12,20H,10-11H2,1H3. The third kappa shape index (κ3) is 5.36. The Bertz CT molecular complexity index is 906. The molecular weight excluding hydrogens is 369 g/mol. The molecule has 2 aromatic rings. The Kier molecular flexibility index (Phi) is 6.65. The molecule has 0 unspecified atom stereocenters. The van der Waals surface area contributed by atoms with E-state index in [2.05, 4.69) is 16.6 Å². The Labute approximate surface area is 150 Å². The van der Waals surface area contributed by atoms with Gasteiger partial charge in [0.05, 0.1) is 23.6 Å². The molecule has 0 spiro atoms. The van der Waals surface area contributed by atoms with Gasteiger partial charge in [-0.05, 0) is 30.3 Å². The third-order valence-corrected chi connectivity index (χ3v) is 4.73. The second-order valence-corrected chi connectivity index (χ2v) is 6.87. The topological polar surface area (TPSA) is 64.6 Å². The van der Waals surface area contributed by atoms with Gasteiger partial charge < -0.3 is 9.47 Å². The van der Waals surface area contributed by atoms with Crippen molar-refractivity contribution >= 4 is 21.6 Å². The molecule has 0 amide bonds. The van der Waals surface area contributed by atoms with E-state index >= 15 is 0 Å². The number of para-hydroxylation sites is 2. The zero-order valence-electron chi connectivity index (χ0n) is 13.3. The molecule has 2 rings (SSSR count). The number of sulfonamides is 1. The summed E-state index contributed by atoms with van der Waals surface area (Å²) in [6, 6.07) is 10.3. The van der Waals surface area contributed by atoms with Crippen LogP contribution in [0.4, 0.5) is 4.39 Å². The smallest absolute Gasteiger partial charge is 0.241 e. The van der Waals surface area contributed by atoms with Crippen molar-refractivity contribution in [1.29, 1.82) is 0 Å². The lowest BCUT2D eigenvalue weighted by Crippen LogP contribution is -2.24. The van der Waals surface area contributed by atoms with Crippen molar-refractivity contribution in [3.8, 4) is 23.3 Å². The molecule has 1 N–H and O–H groups in total. The number of nitrogens with one attached hydrogen (secondary N) is 1. The highest BCUT2D eigenvalue weighted by Gasteiger charge is 2.14. The number of halogens is 2. The van der Waals surface area contributed by atoms with Gasteiger partial charge in [-0.15, -0.1) is 0 Å². The van der Waals surface area contributed by atoms with Gasteiger partial charge >= 0.3 is 0 Å². The van der Waals surface area contributed by atoms with Gasteiger partial charge in [-0.2, -0.15) is 4.72 Å².